The molecule has 0 aromatic carbocycles. The van der Waals surface area contributed by atoms with Crippen LogP contribution in [0.1, 0.15) is 27.7 Å². The van der Waals surface area contributed by atoms with Gasteiger partial charge in [-0.25, -0.2) is 0 Å². The lowest BCUT2D eigenvalue weighted by Crippen LogP contribution is -2.24. The summed E-state index contributed by atoms with van der Waals surface area (Å²) in [6, 6.07) is 0. The van der Waals surface area contributed by atoms with Crippen molar-refractivity contribution in [1.82, 2.24) is 0 Å². The third-order valence-corrected chi connectivity index (χ3v) is 5.79. The van der Waals surface area contributed by atoms with Gasteiger partial charge in [0.25, 0.3) is 0 Å². The van der Waals surface area contributed by atoms with Gasteiger partial charge >= 0.3 is 14.5 Å². The topological polar surface area (TPSA) is 18.5 Å². The lowest BCUT2D eigenvalue weighted by molar-refractivity contribution is 0.177. The van der Waals surface area contributed by atoms with Crippen LogP contribution < -0.4 is 0 Å². The van der Waals surface area contributed by atoms with E-state index in [1.165, 1.54) is 16.8 Å². The second kappa shape index (κ2) is 9.27. The van der Waals surface area contributed by atoms with Crippen LogP contribution in [0, 0.1) is 11.8 Å². The summed E-state index contributed by atoms with van der Waals surface area (Å²) in [6.45, 7) is 13.9. The highest BCUT2D eigenvalue weighted by Gasteiger charge is 2.22. The Labute approximate surface area is 99.4 Å². The zero-order chi connectivity index (χ0) is 11.7. The number of ether oxygens (including phenoxy) is 1. The molecule has 0 N–H and O–H groups in total. The fourth-order valence-corrected chi connectivity index (χ4v) is 4.63. The highest BCUT2D eigenvalue weighted by Crippen LogP contribution is 2.15. The van der Waals surface area contributed by atoms with E-state index in [0.29, 0.717) is 6.61 Å². The minimum absolute atomic E-state index is 0.642. The van der Waals surface area contributed by atoms with Gasteiger partial charge in [0, 0.05) is 6.61 Å². The van der Waals surface area contributed by atoms with Gasteiger partial charge in [-0.1, -0.05) is 56.7 Å². The van der Waals surface area contributed by atoms with Crippen LogP contribution >= 0.6 is 0 Å². The molecule has 0 aliphatic rings. The zero-order valence-corrected chi connectivity index (χ0v) is 11.8. The maximum absolute atomic E-state index is 5.93. The van der Waals surface area contributed by atoms with Crippen molar-refractivity contribution in [2.75, 3.05) is 13.2 Å². The molecular formula is C12H25AlO2. The number of hydrogen-bond acceptors (Lipinski definition) is 2. The molecule has 0 aromatic rings. The molecule has 0 fully saturated rings. The Morgan fingerprint density at radius 2 is 1.60 bits per heavy atom. The van der Waals surface area contributed by atoms with Gasteiger partial charge in [0.15, 0.2) is 0 Å². The van der Waals surface area contributed by atoms with Gasteiger partial charge in [-0.05, 0) is 0 Å². The second-order valence-electron chi connectivity index (χ2n) is 4.79. The van der Waals surface area contributed by atoms with Crippen molar-refractivity contribution in [1.29, 1.82) is 0 Å². The van der Waals surface area contributed by atoms with Crippen molar-refractivity contribution >= 4 is 14.5 Å². The molecule has 0 amide bonds. The molecule has 88 valence electrons. The molecule has 0 aliphatic heterocycles. The maximum Gasteiger partial charge on any atom is 0.461 e. The molecule has 0 heterocycles. The first-order chi connectivity index (χ1) is 7.06. The summed E-state index contributed by atoms with van der Waals surface area (Å²) in [5, 5.41) is 2.54. The molecule has 0 aromatic heterocycles. The molecule has 0 spiro atoms. The Morgan fingerprint density at radius 3 is 2.00 bits per heavy atom. The number of hydrogen-bond donors (Lipinski definition) is 0. The second-order valence-corrected chi connectivity index (χ2v) is 7.31. The lowest BCUT2D eigenvalue weighted by atomic mass is 10.3. The van der Waals surface area contributed by atoms with Gasteiger partial charge in [-0.2, -0.15) is 0 Å². The van der Waals surface area contributed by atoms with E-state index in [1.54, 1.807) is 0 Å². The zero-order valence-electron chi connectivity index (χ0n) is 10.7. The quantitative estimate of drug-likeness (QED) is 0.342. The summed E-state index contributed by atoms with van der Waals surface area (Å²) in [6.07, 6.45) is 1.48. The van der Waals surface area contributed by atoms with Gasteiger partial charge in [0.05, 0.1) is 6.26 Å². The van der Waals surface area contributed by atoms with Crippen LogP contribution in [-0.4, -0.2) is 27.7 Å². The Hall–Kier alpha value is 0.0325. The Balaban J connectivity index is 3.74. The predicted molar refractivity (Wildman–Crippen MR) is 67.1 cm³/mol. The van der Waals surface area contributed by atoms with E-state index in [9.17, 15) is 0 Å². The average Bonchev–Trinajstić information content (AvgIpc) is 2.10. The van der Waals surface area contributed by atoms with E-state index in [-0.39, 0.29) is 0 Å². The standard InChI is InChI=1S/C4H7O2.2C4H9.Al/c1-2-6-4-3-5;2*1-4(2)3;/h2H,1,3-4H2;2*4H,1H2,2-3H3;/q-1;;;+1. The summed E-state index contributed by atoms with van der Waals surface area (Å²) in [4.78, 5) is 0. The van der Waals surface area contributed by atoms with Crippen molar-refractivity contribution in [2.45, 2.75) is 38.3 Å². The van der Waals surface area contributed by atoms with Crippen LogP contribution in [-0.2, 0) is 8.53 Å². The Kier molecular flexibility index (Phi) is 9.29. The third kappa shape index (κ3) is 10.3. The van der Waals surface area contributed by atoms with Crippen LogP contribution in [0.3, 0.4) is 0 Å². The van der Waals surface area contributed by atoms with Crippen LogP contribution in [0.25, 0.3) is 0 Å². The summed E-state index contributed by atoms with van der Waals surface area (Å²) in [5.41, 5.74) is 0. The first-order valence-electron chi connectivity index (χ1n) is 5.90. The largest absolute Gasteiger partial charge is 0.500 e. The summed E-state index contributed by atoms with van der Waals surface area (Å²) < 4.78 is 11.0. The van der Waals surface area contributed by atoms with E-state index in [1.807, 2.05) is 0 Å². The van der Waals surface area contributed by atoms with Crippen molar-refractivity contribution in [3.05, 3.63) is 12.8 Å². The average molecular weight is 228 g/mol. The first-order valence-corrected chi connectivity index (χ1v) is 8.00. The summed E-state index contributed by atoms with van der Waals surface area (Å²) >= 11 is -1.01. The maximum atomic E-state index is 5.93. The smallest absolute Gasteiger partial charge is 0.461 e. The third-order valence-electron chi connectivity index (χ3n) is 2.14. The van der Waals surface area contributed by atoms with Gasteiger partial charge < -0.3 is 8.53 Å². The minimum Gasteiger partial charge on any atom is -0.500 e. The molecule has 2 nitrogen and oxygen atoms in total. The summed E-state index contributed by atoms with van der Waals surface area (Å²) in [5.74, 6) is 1.50. The van der Waals surface area contributed by atoms with E-state index >= 15 is 0 Å². The van der Waals surface area contributed by atoms with Gasteiger partial charge in [0.1, 0.15) is 6.61 Å². The van der Waals surface area contributed by atoms with Crippen molar-refractivity contribution < 1.29 is 8.53 Å². The fourth-order valence-electron chi connectivity index (χ4n) is 1.63. The lowest BCUT2D eigenvalue weighted by Gasteiger charge is -2.16. The van der Waals surface area contributed by atoms with Crippen LogP contribution in [0.5, 0.6) is 0 Å². The van der Waals surface area contributed by atoms with E-state index in [2.05, 4.69) is 34.3 Å². The highest BCUT2D eigenvalue weighted by molar-refractivity contribution is 6.51. The molecule has 0 bridgehead atoms. The molecule has 3 heteroatoms. The molecular weight excluding hydrogens is 203 g/mol. The van der Waals surface area contributed by atoms with Gasteiger partial charge in [0.2, 0.25) is 0 Å². The first kappa shape index (κ1) is 15.0. The summed E-state index contributed by atoms with van der Waals surface area (Å²) in [7, 11) is 0. The van der Waals surface area contributed by atoms with Crippen LogP contribution in [0.2, 0.25) is 10.6 Å². The van der Waals surface area contributed by atoms with Crippen LogP contribution in [0.4, 0.5) is 0 Å². The molecule has 0 unspecified atom stereocenters. The van der Waals surface area contributed by atoms with Gasteiger partial charge in [-0.15, -0.1) is 0 Å². The number of rotatable bonds is 9. The molecule has 0 saturated carbocycles. The molecule has 0 aliphatic carbocycles. The molecule has 0 radical (unpaired) electrons. The molecule has 0 saturated heterocycles. The van der Waals surface area contributed by atoms with E-state index in [4.69, 9.17) is 8.53 Å². The molecule has 0 atom stereocenters. The van der Waals surface area contributed by atoms with Gasteiger partial charge in [-0.3, -0.25) is 0 Å². The van der Waals surface area contributed by atoms with Crippen molar-refractivity contribution in [2.24, 2.45) is 11.8 Å². The monoisotopic (exact) mass is 228 g/mol. The minimum atomic E-state index is -1.01. The SMILES string of the molecule is C=COCC[O][Al]([CH2]C(C)C)[CH2]C(C)C. The highest BCUT2D eigenvalue weighted by atomic mass is 27.2. The fraction of sp³-hybridized carbons (Fsp3) is 0.833. The van der Waals surface area contributed by atoms with Crippen LogP contribution in [0.15, 0.2) is 12.8 Å². The normalized spacial score (nSPS) is 10.8. The van der Waals surface area contributed by atoms with E-state index < -0.39 is 14.5 Å². The molecule has 15 heavy (non-hydrogen) atoms. The molecule has 0 rings (SSSR count). The van der Waals surface area contributed by atoms with Crippen molar-refractivity contribution in [3.8, 4) is 0 Å². The Morgan fingerprint density at radius 1 is 1.07 bits per heavy atom. The predicted octanol–water partition coefficient (Wildman–Crippen LogP) is 3.47. The van der Waals surface area contributed by atoms with E-state index in [0.717, 1.165) is 18.4 Å². The van der Waals surface area contributed by atoms with Crippen molar-refractivity contribution in [3.63, 3.8) is 0 Å². The Bertz CT molecular complexity index is 148.